The van der Waals surface area contributed by atoms with Gasteiger partial charge >= 0.3 is 0 Å². The van der Waals surface area contributed by atoms with Gasteiger partial charge in [0.15, 0.2) is 16.6 Å². The predicted molar refractivity (Wildman–Crippen MR) is 125 cm³/mol. The minimum absolute atomic E-state index is 0.214. The molecule has 0 spiro atoms. The van der Waals surface area contributed by atoms with Gasteiger partial charge in [-0.15, -0.1) is 6.58 Å². The second kappa shape index (κ2) is 8.12. The predicted octanol–water partition coefficient (Wildman–Crippen LogP) is 4.62. The van der Waals surface area contributed by atoms with Crippen LogP contribution in [0.25, 0.3) is 17.0 Å². The first-order valence-corrected chi connectivity index (χ1v) is 10.7. The fourth-order valence-electron chi connectivity index (χ4n) is 3.90. The molecule has 3 aromatic rings. The van der Waals surface area contributed by atoms with Crippen LogP contribution in [0.2, 0.25) is 0 Å². The number of hydrogen-bond donors (Lipinski definition) is 1. The van der Waals surface area contributed by atoms with Gasteiger partial charge in [-0.2, -0.15) is 4.98 Å². The van der Waals surface area contributed by atoms with Crippen molar-refractivity contribution in [1.29, 1.82) is 0 Å². The van der Waals surface area contributed by atoms with Crippen LogP contribution >= 0.6 is 12.2 Å². The van der Waals surface area contributed by atoms with Crippen molar-refractivity contribution in [3.63, 3.8) is 0 Å². The van der Waals surface area contributed by atoms with Gasteiger partial charge in [0.1, 0.15) is 0 Å². The normalized spacial score (nSPS) is 17.5. The minimum Gasteiger partial charge on any atom is -0.454 e. The third-order valence-corrected chi connectivity index (χ3v) is 5.94. The molecule has 0 radical (unpaired) electrons. The monoisotopic (exact) mass is 446 g/mol. The second-order valence-corrected chi connectivity index (χ2v) is 8.07. The lowest BCUT2D eigenvalue weighted by Gasteiger charge is -2.36. The van der Waals surface area contributed by atoms with E-state index < -0.39 is 0 Å². The Hall–Kier alpha value is -3.65. The molecule has 0 saturated heterocycles. The third-order valence-electron chi connectivity index (χ3n) is 5.61. The van der Waals surface area contributed by atoms with E-state index in [9.17, 15) is 0 Å². The van der Waals surface area contributed by atoms with Crippen molar-refractivity contribution in [2.45, 2.75) is 19.9 Å². The largest absolute Gasteiger partial charge is 0.454 e. The Kier molecular flexibility index (Phi) is 5.14. The van der Waals surface area contributed by atoms with E-state index in [0.29, 0.717) is 34.9 Å². The van der Waals surface area contributed by atoms with Crippen molar-refractivity contribution < 1.29 is 14.0 Å². The van der Waals surface area contributed by atoms with E-state index in [1.165, 1.54) is 5.56 Å². The smallest absolute Gasteiger partial charge is 0.258 e. The number of aromatic nitrogens is 2. The van der Waals surface area contributed by atoms with E-state index >= 15 is 0 Å². The number of fused-ring (bicyclic) bond motifs is 1. The molecule has 32 heavy (non-hydrogen) atoms. The third kappa shape index (κ3) is 3.52. The van der Waals surface area contributed by atoms with Crippen LogP contribution in [0.4, 0.5) is 0 Å². The van der Waals surface area contributed by atoms with Crippen molar-refractivity contribution >= 4 is 22.9 Å². The van der Waals surface area contributed by atoms with Crippen molar-refractivity contribution in [3.05, 3.63) is 77.8 Å². The zero-order valence-electron chi connectivity index (χ0n) is 17.8. The number of benzene rings is 2. The van der Waals surface area contributed by atoms with E-state index in [2.05, 4.69) is 48.2 Å². The number of hydrogen-bond acceptors (Lipinski definition) is 6. The Labute approximate surface area is 191 Å². The molecule has 2 aromatic carbocycles. The lowest BCUT2D eigenvalue weighted by Crippen LogP contribution is -2.45. The molecule has 1 aromatic heterocycles. The number of rotatable bonds is 5. The number of allylic oxidation sites excluding steroid dienone is 1. The molecular weight excluding hydrogens is 424 g/mol. The quantitative estimate of drug-likeness (QED) is 0.450. The van der Waals surface area contributed by atoms with Gasteiger partial charge in [0.05, 0.1) is 11.6 Å². The highest BCUT2D eigenvalue weighted by Gasteiger charge is 2.33. The van der Waals surface area contributed by atoms with E-state index in [0.717, 1.165) is 22.4 Å². The molecule has 0 fully saturated rings. The van der Waals surface area contributed by atoms with Crippen LogP contribution in [0, 0.1) is 6.92 Å². The van der Waals surface area contributed by atoms with Crippen molar-refractivity contribution in [2.24, 2.45) is 0 Å². The number of aryl methyl sites for hydroxylation is 1. The fourth-order valence-corrected chi connectivity index (χ4v) is 4.23. The van der Waals surface area contributed by atoms with Crippen molar-refractivity contribution in [3.8, 4) is 22.9 Å². The van der Waals surface area contributed by atoms with Crippen LogP contribution in [-0.4, -0.2) is 33.5 Å². The van der Waals surface area contributed by atoms with Crippen LogP contribution in [0.5, 0.6) is 11.5 Å². The molecule has 0 saturated carbocycles. The lowest BCUT2D eigenvalue weighted by atomic mass is 9.94. The number of thiocarbonyl (C=S) groups is 1. The van der Waals surface area contributed by atoms with Gasteiger partial charge in [-0.25, -0.2) is 0 Å². The molecule has 0 amide bonds. The molecule has 1 unspecified atom stereocenters. The van der Waals surface area contributed by atoms with E-state index in [-0.39, 0.29) is 12.8 Å². The molecule has 162 valence electrons. The van der Waals surface area contributed by atoms with Crippen LogP contribution in [0.15, 0.2) is 65.3 Å². The van der Waals surface area contributed by atoms with Crippen LogP contribution in [-0.2, 0) is 0 Å². The molecule has 2 aliphatic heterocycles. The maximum atomic E-state index is 5.76. The molecule has 1 atom stereocenters. The van der Waals surface area contributed by atoms with Gasteiger partial charge in [-0.3, -0.25) is 0 Å². The van der Waals surface area contributed by atoms with E-state index in [1.54, 1.807) is 0 Å². The molecule has 5 rings (SSSR count). The molecule has 0 aliphatic carbocycles. The Morgan fingerprint density at radius 2 is 1.94 bits per heavy atom. The van der Waals surface area contributed by atoms with Gasteiger partial charge in [0.25, 0.3) is 5.89 Å². The summed E-state index contributed by atoms with van der Waals surface area (Å²) in [7, 11) is 0. The van der Waals surface area contributed by atoms with Gasteiger partial charge in [0, 0.05) is 17.8 Å². The molecular formula is C24H22N4O3S. The Morgan fingerprint density at radius 3 is 2.72 bits per heavy atom. The number of ether oxygens (including phenoxy) is 2. The van der Waals surface area contributed by atoms with Gasteiger partial charge in [0.2, 0.25) is 12.6 Å². The SMILES string of the molecule is C=CCN1C(=S)NC(c2ccc(C)cc2)C(c2nc(-c3ccc4c(c3)OCO4)no2)=C1C. The summed E-state index contributed by atoms with van der Waals surface area (Å²) < 4.78 is 16.6. The summed E-state index contributed by atoms with van der Waals surface area (Å²) in [5.41, 5.74) is 4.86. The first-order chi connectivity index (χ1) is 15.5. The van der Waals surface area contributed by atoms with Gasteiger partial charge in [-0.1, -0.05) is 41.1 Å². The Balaban J connectivity index is 1.58. The molecule has 2 aliphatic rings. The zero-order chi connectivity index (χ0) is 22.2. The average molecular weight is 447 g/mol. The Morgan fingerprint density at radius 1 is 1.16 bits per heavy atom. The number of nitrogens with zero attached hydrogens (tertiary/aromatic N) is 3. The molecule has 1 N–H and O–H groups in total. The highest BCUT2D eigenvalue weighted by atomic mass is 32.1. The van der Waals surface area contributed by atoms with Crippen molar-refractivity contribution in [2.75, 3.05) is 13.3 Å². The van der Waals surface area contributed by atoms with E-state index in [1.807, 2.05) is 36.1 Å². The molecule has 7 nitrogen and oxygen atoms in total. The van der Waals surface area contributed by atoms with Gasteiger partial charge in [-0.05, 0) is 49.8 Å². The molecule has 0 bridgehead atoms. The van der Waals surface area contributed by atoms with Crippen LogP contribution in [0.3, 0.4) is 0 Å². The van der Waals surface area contributed by atoms with Crippen LogP contribution in [0.1, 0.15) is 30.0 Å². The summed E-state index contributed by atoms with van der Waals surface area (Å²) in [6.45, 7) is 8.72. The highest BCUT2D eigenvalue weighted by molar-refractivity contribution is 7.80. The summed E-state index contributed by atoms with van der Waals surface area (Å²) in [5, 5.41) is 8.31. The maximum absolute atomic E-state index is 5.76. The topological polar surface area (TPSA) is 72.7 Å². The summed E-state index contributed by atoms with van der Waals surface area (Å²) in [6.07, 6.45) is 1.81. The lowest BCUT2D eigenvalue weighted by molar-refractivity contribution is 0.174. The average Bonchev–Trinajstić information content (AvgIpc) is 3.46. The summed E-state index contributed by atoms with van der Waals surface area (Å²) >= 11 is 5.64. The van der Waals surface area contributed by atoms with Crippen LogP contribution < -0.4 is 14.8 Å². The number of nitrogens with one attached hydrogen (secondary N) is 1. The molecule has 8 heteroatoms. The first-order valence-electron chi connectivity index (χ1n) is 10.3. The minimum atomic E-state index is -0.214. The molecule has 3 heterocycles. The zero-order valence-corrected chi connectivity index (χ0v) is 18.6. The fraction of sp³-hybridized carbons (Fsp3) is 0.208. The maximum Gasteiger partial charge on any atom is 0.258 e. The highest BCUT2D eigenvalue weighted by Crippen LogP contribution is 2.39. The standard InChI is InChI=1S/C24H22N4O3S/c1-4-11-28-15(3)20(21(25-24(28)32)16-7-5-14(2)6-8-16)23-26-22(27-31-23)17-9-10-18-19(12-17)30-13-29-18/h4-10,12,21H,1,11,13H2,2-3H3,(H,25,32). The van der Waals surface area contributed by atoms with Gasteiger partial charge < -0.3 is 24.2 Å². The first kappa shape index (κ1) is 20.3. The summed E-state index contributed by atoms with van der Waals surface area (Å²) in [4.78, 5) is 6.70. The summed E-state index contributed by atoms with van der Waals surface area (Å²) in [6, 6.07) is 13.7. The second-order valence-electron chi connectivity index (χ2n) is 7.68. The summed E-state index contributed by atoms with van der Waals surface area (Å²) in [5.74, 6) is 2.29. The van der Waals surface area contributed by atoms with E-state index in [4.69, 9.17) is 31.2 Å². The van der Waals surface area contributed by atoms with Crippen molar-refractivity contribution in [1.82, 2.24) is 20.4 Å². The Bertz CT molecular complexity index is 1230.